The summed E-state index contributed by atoms with van der Waals surface area (Å²) in [4.78, 5) is 74.8. The van der Waals surface area contributed by atoms with Crippen molar-refractivity contribution in [3.05, 3.63) is 83.7 Å². The van der Waals surface area contributed by atoms with Gasteiger partial charge in [-0.3, -0.25) is 23.9 Å². The molecule has 2 bridgehead atoms. The summed E-state index contributed by atoms with van der Waals surface area (Å²) < 4.78 is 56.5. The molecule has 7 fully saturated rings. The number of fused-ring (bicyclic) bond motifs is 3. The zero-order chi connectivity index (χ0) is 45.0. The molecule has 5 saturated heterocycles. The maximum Gasteiger partial charge on any atom is 0.403 e. The number of amides is 4. The number of carboxylic acids is 1. The number of carbonyl (C=O) groups is 5. The van der Waals surface area contributed by atoms with Crippen LogP contribution in [0.1, 0.15) is 71.7 Å². The molecule has 1 aromatic heterocycles. The van der Waals surface area contributed by atoms with Gasteiger partial charge in [-0.15, -0.1) is 0 Å². The topological polar surface area (TPSA) is 167 Å². The van der Waals surface area contributed by atoms with E-state index in [-0.39, 0.29) is 67.6 Å². The molecule has 10 rings (SSSR count). The van der Waals surface area contributed by atoms with Gasteiger partial charge in [0, 0.05) is 75.1 Å². The lowest BCUT2D eigenvalue weighted by atomic mass is 9.70. The summed E-state index contributed by atoms with van der Waals surface area (Å²) in [5.74, 6) is -4.32. The number of benzene rings is 2. The first-order valence-corrected chi connectivity index (χ1v) is 22.2. The first-order valence-electron chi connectivity index (χ1n) is 22.2. The molecule has 1 spiro atoms. The lowest BCUT2D eigenvalue weighted by molar-refractivity contribution is -0.205. The number of rotatable bonds is 13. The van der Waals surface area contributed by atoms with E-state index < -0.39 is 58.8 Å². The van der Waals surface area contributed by atoms with Crippen LogP contribution in [0.4, 0.5) is 18.9 Å². The van der Waals surface area contributed by atoms with Crippen LogP contribution in [0.3, 0.4) is 0 Å². The molecule has 64 heavy (non-hydrogen) atoms. The number of aromatic nitrogens is 2. The minimum atomic E-state index is -4.70. The fraction of sp³-hybridized carbons (Fsp3) is 0.565. The molecule has 0 unspecified atom stereocenters. The number of hydrogen-bond donors (Lipinski definition) is 2. The number of aromatic carboxylic acids is 1. The first kappa shape index (κ1) is 43.7. The molecule has 3 aromatic rings. The lowest BCUT2D eigenvalue weighted by Crippen LogP contribution is -2.67. The quantitative estimate of drug-likeness (QED) is 0.256. The van der Waals surface area contributed by atoms with Crippen molar-refractivity contribution in [1.29, 1.82) is 0 Å². The summed E-state index contributed by atoms with van der Waals surface area (Å²) in [5, 5.41) is 16.7. The summed E-state index contributed by atoms with van der Waals surface area (Å²) in [6.45, 7) is 4.18. The van der Waals surface area contributed by atoms with E-state index in [0.29, 0.717) is 45.9 Å². The number of likely N-dealkylation sites (tertiary alicyclic amines) is 2. The van der Waals surface area contributed by atoms with Crippen LogP contribution in [-0.2, 0) is 30.4 Å². The van der Waals surface area contributed by atoms with Crippen LogP contribution in [0.5, 0.6) is 0 Å². The number of nitrogens with one attached hydrogen (secondary N) is 1. The Bertz CT molecular complexity index is 2230. The van der Waals surface area contributed by atoms with Gasteiger partial charge in [-0.05, 0) is 75.3 Å². The summed E-state index contributed by atoms with van der Waals surface area (Å²) in [7, 11) is 0. The maximum absolute atomic E-state index is 14.8. The van der Waals surface area contributed by atoms with E-state index in [9.17, 15) is 42.3 Å². The Labute approximate surface area is 368 Å². The van der Waals surface area contributed by atoms with Crippen molar-refractivity contribution >= 4 is 35.3 Å². The average Bonchev–Trinajstić information content (AvgIpc) is 3.84. The van der Waals surface area contributed by atoms with Gasteiger partial charge in [0.25, 0.3) is 5.91 Å². The van der Waals surface area contributed by atoms with Crippen LogP contribution in [0.25, 0.3) is 0 Å². The van der Waals surface area contributed by atoms with Crippen molar-refractivity contribution in [2.45, 2.75) is 76.4 Å². The summed E-state index contributed by atoms with van der Waals surface area (Å²) in [6, 6.07) is 14.9. The third kappa shape index (κ3) is 8.34. The van der Waals surface area contributed by atoms with Crippen LogP contribution in [0.15, 0.2) is 67.0 Å². The van der Waals surface area contributed by atoms with E-state index in [1.54, 1.807) is 34.8 Å². The molecule has 4 amide bonds. The second-order valence-electron chi connectivity index (χ2n) is 18.9. The van der Waals surface area contributed by atoms with E-state index in [4.69, 9.17) is 9.47 Å². The van der Waals surface area contributed by atoms with E-state index >= 15 is 0 Å². The van der Waals surface area contributed by atoms with Crippen molar-refractivity contribution in [2.24, 2.45) is 22.2 Å². The number of alkyl halides is 3. The van der Waals surface area contributed by atoms with Crippen LogP contribution in [0, 0.1) is 22.2 Å². The zero-order valence-corrected chi connectivity index (χ0v) is 35.8. The maximum atomic E-state index is 14.8. The Morgan fingerprint density at radius 1 is 0.891 bits per heavy atom. The van der Waals surface area contributed by atoms with Gasteiger partial charge < -0.3 is 39.5 Å². The molecule has 7 aliphatic rings. The minimum absolute atomic E-state index is 0.0141. The van der Waals surface area contributed by atoms with Crippen molar-refractivity contribution in [2.75, 3.05) is 70.5 Å². The van der Waals surface area contributed by atoms with E-state index in [0.717, 1.165) is 41.8 Å². The second-order valence-corrected chi connectivity index (χ2v) is 18.9. The SMILES string of the molecule is C[C@@H](OCC12CCC(CC1)OC2)[C@H](NC(=O)[C@@H]1CN(C(=O)c2cnn(Cc3ccccc3)c2)CC12CN(C(=O)C1(C(F)(F)F)CC1)C2)C(=O)N1CCN(c2ccc(C(=O)O)cc2)CC1. The van der Waals surface area contributed by atoms with E-state index in [2.05, 4.69) is 15.3 Å². The van der Waals surface area contributed by atoms with Gasteiger partial charge in [-0.2, -0.15) is 18.3 Å². The van der Waals surface area contributed by atoms with Crippen molar-refractivity contribution in [3.8, 4) is 0 Å². The number of carbonyl (C=O) groups excluding carboxylic acids is 4. The normalized spacial score (nSPS) is 25.4. The van der Waals surface area contributed by atoms with Crippen LogP contribution >= 0.6 is 0 Å². The van der Waals surface area contributed by atoms with Crippen LogP contribution < -0.4 is 10.2 Å². The Balaban J connectivity index is 0.940. The Kier molecular flexibility index (Phi) is 11.5. The average molecular weight is 890 g/mol. The highest BCUT2D eigenvalue weighted by Gasteiger charge is 2.71. The van der Waals surface area contributed by atoms with Gasteiger partial charge in [0.05, 0.1) is 55.2 Å². The lowest BCUT2D eigenvalue weighted by Gasteiger charge is -2.51. The third-order valence-corrected chi connectivity index (χ3v) is 14.7. The number of nitrogens with zero attached hydrogens (tertiary/aromatic N) is 6. The molecular weight excluding hydrogens is 836 g/mol. The van der Waals surface area contributed by atoms with Gasteiger partial charge in [0.15, 0.2) is 0 Å². The molecular formula is C46H54F3N7O8. The molecule has 3 atom stereocenters. The number of ether oxygens (including phenoxy) is 2. The second kappa shape index (κ2) is 16.8. The zero-order valence-electron chi connectivity index (χ0n) is 35.8. The first-order chi connectivity index (χ1) is 30.6. The Morgan fingerprint density at radius 2 is 1.56 bits per heavy atom. The molecule has 15 nitrogen and oxygen atoms in total. The van der Waals surface area contributed by atoms with E-state index in [1.807, 2.05) is 30.3 Å². The molecule has 5 aliphatic heterocycles. The number of halogens is 3. The van der Waals surface area contributed by atoms with Gasteiger partial charge in [0.2, 0.25) is 17.7 Å². The van der Waals surface area contributed by atoms with Crippen LogP contribution in [-0.4, -0.2) is 149 Å². The van der Waals surface area contributed by atoms with Gasteiger partial charge in [-0.1, -0.05) is 30.3 Å². The summed E-state index contributed by atoms with van der Waals surface area (Å²) >= 11 is 0. The number of carboxylic acid groups (broad SMARTS) is 1. The Morgan fingerprint density at radius 3 is 2.17 bits per heavy atom. The molecule has 0 radical (unpaired) electrons. The van der Waals surface area contributed by atoms with Crippen molar-refractivity contribution in [1.82, 2.24) is 29.8 Å². The number of anilines is 1. The third-order valence-electron chi connectivity index (χ3n) is 14.7. The number of piperazine rings is 1. The van der Waals surface area contributed by atoms with Crippen LogP contribution in [0.2, 0.25) is 0 Å². The summed E-state index contributed by atoms with van der Waals surface area (Å²) in [5.41, 5.74) is -1.46. The fourth-order valence-electron chi connectivity index (χ4n) is 10.5. The fourth-order valence-corrected chi connectivity index (χ4v) is 10.5. The standard InChI is InChI=1S/C46H54F3N7O8/c1-30(63-28-43-13-11-35(12-14-43)64-29-43)37(40(59)53-19-17-52(18-20-53)34-9-7-32(8-10-34)41(60)61)51-38(57)36-24-54(39(58)33-21-50-56(23-33)22-31-5-3-2-4-6-31)25-44(36)26-55(27-44)42(62)45(15-16-45)46(47,48)49/h2-10,21,23,30,35-37H,11-20,22,24-29H2,1H3,(H,51,57)(H,60,61)/t30-,35?,36+,37+,43?/m1/s1. The largest absolute Gasteiger partial charge is 0.478 e. The molecule has 6 heterocycles. The molecule has 342 valence electrons. The Hall–Kier alpha value is -5.49. The highest BCUT2D eigenvalue weighted by molar-refractivity contribution is 5.96. The van der Waals surface area contributed by atoms with E-state index in [1.165, 1.54) is 23.2 Å². The monoisotopic (exact) mass is 889 g/mol. The summed E-state index contributed by atoms with van der Waals surface area (Å²) in [6.07, 6.45) is 0.944. The highest BCUT2D eigenvalue weighted by Crippen LogP contribution is 2.60. The van der Waals surface area contributed by atoms with Gasteiger partial charge in [0.1, 0.15) is 11.5 Å². The molecule has 2 aromatic carbocycles. The minimum Gasteiger partial charge on any atom is -0.478 e. The predicted molar refractivity (Wildman–Crippen MR) is 224 cm³/mol. The highest BCUT2D eigenvalue weighted by atomic mass is 19.4. The predicted octanol–water partition coefficient (Wildman–Crippen LogP) is 4.07. The van der Waals surface area contributed by atoms with Crippen molar-refractivity contribution < 1.29 is 51.7 Å². The molecule has 18 heteroatoms. The molecule has 2 saturated carbocycles. The molecule has 2 aliphatic carbocycles. The van der Waals surface area contributed by atoms with Gasteiger partial charge in [-0.25, -0.2) is 4.79 Å². The van der Waals surface area contributed by atoms with Gasteiger partial charge >= 0.3 is 12.1 Å². The van der Waals surface area contributed by atoms with Crippen molar-refractivity contribution in [3.63, 3.8) is 0 Å². The number of hydrogen-bond acceptors (Lipinski definition) is 9. The smallest absolute Gasteiger partial charge is 0.403 e. The molecule has 2 N–H and O–H groups in total.